The molecule has 0 atom stereocenters. The molecule has 7 heteroatoms. The van der Waals surface area contributed by atoms with Crippen LogP contribution in [0.3, 0.4) is 0 Å². The first-order valence-electron chi connectivity index (χ1n) is 12.3. The van der Waals surface area contributed by atoms with Gasteiger partial charge in [0.1, 0.15) is 11.6 Å². The minimum atomic E-state index is 0.324. The van der Waals surface area contributed by atoms with Crippen LogP contribution < -0.4 is 16.4 Å². The van der Waals surface area contributed by atoms with Crippen LogP contribution in [0.15, 0.2) is 67.5 Å². The lowest BCUT2D eigenvalue weighted by Gasteiger charge is -2.46. The Hall–Kier alpha value is -4.49. The number of nitrogens with two attached hydrogens (primary N) is 2. The lowest BCUT2D eigenvalue weighted by molar-refractivity contribution is 0.190. The summed E-state index contributed by atoms with van der Waals surface area (Å²) >= 11 is 0. The van der Waals surface area contributed by atoms with Crippen molar-refractivity contribution in [2.24, 2.45) is 0 Å². The van der Waals surface area contributed by atoms with E-state index in [1.165, 1.54) is 11.8 Å². The van der Waals surface area contributed by atoms with Crippen molar-refractivity contribution in [1.29, 1.82) is 5.41 Å². The Bertz CT molecular complexity index is 1450. The fourth-order valence-corrected chi connectivity index (χ4v) is 5.31. The molecule has 1 saturated heterocycles. The fraction of sp³-hybridized carbons (Fsp3) is 0.167. The van der Waals surface area contributed by atoms with Crippen LogP contribution in [-0.4, -0.2) is 47.3 Å². The van der Waals surface area contributed by atoms with Gasteiger partial charge in [0, 0.05) is 77.3 Å². The zero-order valence-corrected chi connectivity index (χ0v) is 20.8. The number of pyridine rings is 2. The molecule has 2 aromatic carbocycles. The van der Waals surface area contributed by atoms with Gasteiger partial charge in [0.2, 0.25) is 0 Å². The molecule has 0 radical (unpaired) electrons. The summed E-state index contributed by atoms with van der Waals surface area (Å²) < 4.78 is 0. The summed E-state index contributed by atoms with van der Waals surface area (Å²) in [6, 6.07) is 16.6. The molecule has 6 rings (SSSR count). The Balaban J connectivity index is 1.44. The summed E-state index contributed by atoms with van der Waals surface area (Å²) in [4.78, 5) is 14.5. The molecule has 5 N–H and O–H groups in total. The lowest BCUT2D eigenvalue weighted by atomic mass is 9.93. The average molecular weight is 488 g/mol. The molecule has 0 saturated carbocycles. The molecule has 4 aromatic rings. The van der Waals surface area contributed by atoms with Crippen molar-refractivity contribution in [3.05, 3.63) is 89.8 Å². The topological polar surface area (TPSA) is 108 Å². The molecule has 2 aromatic heterocycles. The van der Waals surface area contributed by atoms with E-state index in [9.17, 15) is 0 Å². The third-order valence-corrected chi connectivity index (χ3v) is 7.35. The van der Waals surface area contributed by atoms with Crippen LogP contribution in [0.2, 0.25) is 0 Å². The summed E-state index contributed by atoms with van der Waals surface area (Å²) in [7, 11) is 2.13. The van der Waals surface area contributed by atoms with Crippen molar-refractivity contribution >= 4 is 35.3 Å². The summed E-state index contributed by atoms with van der Waals surface area (Å²) in [5.41, 5.74) is 21.5. The van der Waals surface area contributed by atoms with Gasteiger partial charge in [0.15, 0.2) is 0 Å². The highest BCUT2D eigenvalue weighted by molar-refractivity contribution is 5.88. The highest BCUT2D eigenvalue weighted by Gasteiger charge is 2.36. The van der Waals surface area contributed by atoms with Crippen molar-refractivity contribution in [2.75, 3.05) is 36.5 Å². The smallest absolute Gasteiger partial charge is 0.138 e. The number of anilines is 4. The molecule has 0 aliphatic carbocycles. The molecule has 0 spiro atoms. The van der Waals surface area contributed by atoms with Gasteiger partial charge < -0.3 is 26.7 Å². The maximum atomic E-state index is 7.67. The van der Waals surface area contributed by atoms with Crippen molar-refractivity contribution in [3.8, 4) is 22.3 Å². The second kappa shape index (κ2) is 8.87. The van der Waals surface area contributed by atoms with Crippen LogP contribution in [0.4, 0.5) is 23.0 Å². The van der Waals surface area contributed by atoms with Crippen LogP contribution in [0.1, 0.15) is 22.3 Å². The number of likely N-dealkylation sites (N-methyl/N-ethyl adjacent to an activating group) is 1. The highest BCUT2D eigenvalue weighted by atomic mass is 15.4. The summed E-state index contributed by atoms with van der Waals surface area (Å²) in [6.07, 6.45) is 7.67. The van der Waals surface area contributed by atoms with E-state index in [1.807, 2.05) is 42.7 Å². The molecule has 1 fully saturated rings. The standard InChI is InChI=1S/C30H29N7/c1-3-18-8-19(4-6-27(18)32)24-11-21-10-22-12-25(20-5-7-28(33)23(9-20)13-31)15-35-30(22)37(29(21)34-14-24)26-16-36(2)17-26/h3-9,11-15,26,31H,1,10,16-17,32-33H2,2H3. The van der Waals surface area contributed by atoms with Gasteiger partial charge in [-0.2, -0.15) is 0 Å². The number of benzene rings is 2. The average Bonchev–Trinajstić information content (AvgIpc) is 2.90. The number of nitrogen functional groups attached to an aromatic ring is 2. The first-order chi connectivity index (χ1) is 17.9. The van der Waals surface area contributed by atoms with E-state index in [0.29, 0.717) is 23.0 Å². The number of rotatable bonds is 5. The van der Waals surface area contributed by atoms with E-state index in [4.69, 9.17) is 26.8 Å². The minimum absolute atomic E-state index is 0.324. The quantitative estimate of drug-likeness (QED) is 0.271. The molecule has 4 heterocycles. The third-order valence-electron chi connectivity index (χ3n) is 7.35. The molecule has 7 nitrogen and oxygen atoms in total. The monoisotopic (exact) mass is 487 g/mol. The number of likely N-dealkylation sites (tertiary alicyclic amines) is 1. The first kappa shape index (κ1) is 22.9. The van der Waals surface area contributed by atoms with E-state index < -0.39 is 0 Å². The normalized spacial score (nSPS) is 15.0. The van der Waals surface area contributed by atoms with Crippen LogP contribution >= 0.6 is 0 Å². The van der Waals surface area contributed by atoms with Gasteiger partial charge in [0.05, 0.1) is 6.04 Å². The number of fused-ring (bicyclic) bond motifs is 2. The SMILES string of the molecule is C=Cc1cc(-c2cnc3c(c2)Cc2cc(-c4ccc(N)c(C=N)c4)cnc2N3C2CN(C)C2)ccc1N. The zero-order valence-electron chi connectivity index (χ0n) is 20.8. The van der Waals surface area contributed by atoms with Gasteiger partial charge in [-0.3, -0.25) is 0 Å². The molecular formula is C30H29N7. The van der Waals surface area contributed by atoms with Crippen molar-refractivity contribution in [1.82, 2.24) is 14.9 Å². The van der Waals surface area contributed by atoms with Crippen LogP contribution in [-0.2, 0) is 6.42 Å². The van der Waals surface area contributed by atoms with E-state index in [2.05, 4.69) is 41.6 Å². The van der Waals surface area contributed by atoms with Crippen LogP contribution in [0.25, 0.3) is 28.3 Å². The molecule has 37 heavy (non-hydrogen) atoms. The Labute approximate surface area is 216 Å². The molecule has 2 aliphatic rings. The Morgan fingerprint density at radius 1 is 0.838 bits per heavy atom. The van der Waals surface area contributed by atoms with Gasteiger partial charge in [-0.05, 0) is 60.1 Å². The number of nitrogens with one attached hydrogen (secondary N) is 1. The van der Waals surface area contributed by atoms with Gasteiger partial charge in [0.25, 0.3) is 0 Å². The predicted octanol–water partition coefficient (Wildman–Crippen LogP) is 4.97. The Kier molecular flexibility index (Phi) is 5.50. The fourth-order valence-electron chi connectivity index (χ4n) is 5.31. The predicted molar refractivity (Wildman–Crippen MR) is 152 cm³/mol. The van der Waals surface area contributed by atoms with E-state index in [0.717, 1.165) is 64.5 Å². The van der Waals surface area contributed by atoms with E-state index in [-0.39, 0.29) is 0 Å². The van der Waals surface area contributed by atoms with E-state index in [1.54, 1.807) is 6.08 Å². The molecule has 2 aliphatic heterocycles. The Morgan fingerprint density at radius 3 is 1.89 bits per heavy atom. The van der Waals surface area contributed by atoms with Crippen molar-refractivity contribution in [2.45, 2.75) is 12.5 Å². The number of hydrogen-bond donors (Lipinski definition) is 3. The number of aromatic nitrogens is 2. The van der Waals surface area contributed by atoms with Crippen molar-refractivity contribution in [3.63, 3.8) is 0 Å². The maximum absolute atomic E-state index is 7.67. The highest BCUT2D eigenvalue weighted by Crippen LogP contribution is 2.42. The van der Waals surface area contributed by atoms with Crippen molar-refractivity contribution < 1.29 is 0 Å². The molecule has 0 bridgehead atoms. The summed E-state index contributed by atoms with van der Waals surface area (Å²) in [5, 5.41) is 7.67. The van der Waals surface area contributed by atoms with Gasteiger partial charge in [-0.25, -0.2) is 9.97 Å². The summed E-state index contributed by atoms with van der Waals surface area (Å²) in [5.74, 6) is 1.95. The zero-order chi connectivity index (χ0) is 25.7. The largest absolute Gasteiger partial charge is 0.398 e. The minimum Gasteiger partial charge on any atom is -0.398 e. The third kappa shape index (κ3) is 3.93. The Morgan fingerprint density at radius 2 is 1.38 bits per heavy atom. The number of nitrogens with zero attached hydrogens (tertiary/aromatic N) is 4. The first-order valence-corrected chi connectivity index (χ1v) is 12.3. The maximum Gasteiger partial charge on any atom is 0.138 e. The molecular weight excluding hydrogens is 458 g/mol. The summed E-state index contributed by atoms with van der Waals surface area (Å²) in [6.45, 7) is 5.82. The van der Waals surface area contributed by atoms with E-state index >= 15 is 0 Å². The molecule has 0 unspecified atom stereocenters. The lowest BCUT2D eigenvalue weighted by Crippen LogP contribution is -2.57. The second-order valence-corrected chi connectivity index (χ2v) is 9.87. The molecule has 0 amide bonds. The number of hydrogen-bond acceptors (Lipinski definition) is 7. The van der Waals surface area contributed by atoms with Gasteiger partial charge >= 0.3 is 0 Å². The second-order valence-electron chi connectivity index (χ2n) is 9.87. The van der Waals surface area contributed by atoms with Crippen LogP contribution in [0, 0.1) is 5.41 Å². The molecule has 184 valence electrons. The van der Waals surface area contributed by atoms with Gasteiger partial charge in [-0.15, -0.1) is 0 Å². The van der Waals surface area contributed by atoms with Gasteiger partial charge in [-0.1, -0.05) is 24.8 Å². The van der Waals surface area contributed by atoms with Crippen LogP contribution in [0.5, 0.6) is 0 Å².